The van der Waals surface area contributed by atoms with Crippen molar-refractivity contribution in [2.75, 3.05) is 11.1 Å². The van der Waals surface area contributed by atoms with Crippen LogP contribution in [0.1, 0.15) is 18.5 Å². The summed E-state index contributed by atoms with van der Waals surface area (Å²) >= 11 is 3.51. The van der Waals surface area contributed by atoms with Crippen LogP contribution in [0, 0.1) is 0 Å². The molecule has 0 amide bonds. The van der Waals surface area contributed by atoms with Crippen LogP contribution in [0.2, 0.25) is 0 Å². The molecule has 0 bridgehead atoms. The highest BCUT2D eigenvalue weighted by Gasteiger charge is 2.08. The molecule has 3 nitrogen and oxygen atoms in total. The molecule has 106 valence electrons. The number of halogens is 1. The largest absolute Gasteiger partial charge is 0.399 e. The number of pyridine rings is 1. The lowest BCUT2D eigenvalue weighted by atomic mass is 10.1. The number of nitrogens with two attached hydrogens (primary N) is 1. The summed E-state index contributed by atoms with van der Waals surface area (Å²) in [4.78, 5) is 4.37. The fourth-order valence-electron chi connectivity index (χ4n) is 2.38. The first-order chi connectivity index (χ1) is 10.1. The Hall–Kier alpha value is -2.07. The van der Waals surface area contributed by atoms with Crippen molar-refractivity contribution in [2.45, 2.75) is 13.0 Å². The van der Waals surface area contributed by atoms with Gasteiger partial charge in [-0.15, -0.1) is 0 Å². The van der Waals surface area contributed by atoms with E-state index in [0.717, 1.165) is 26.8 Å². The number of nitrogens with one attached hydrogen (secondary N) is 1. The van der Waals surface area contributed by atoms with E-state index in [1.807, 2.05) is 36.4 Å². The van der Waals surface area contributed by atoms with Gasteiger partial charge in [0, 0.05) is 33.5 Å². The highest BCUT2D eigenvalue weighted by atomic mass is 79.9. The maximum atomic E-state index is 5.82. The molecular formula is C17H16BrN3. The number of benzene rings is 2. The van der Waals surface area contributed by atoms with E-state index in [-0.39, 0.29) is 6.04 Å². The third-order valence-electron chi connectivity index (χ3n) is 3.49. The molecule has 21 heavy (non-hydrogen) atoms. The van der Waals surface area contributed by atoms with E-state index in [4.69, 9.17) is 5.73 Å². The van der Waals surface area contributed by atoms with Gasteiger partial charge >= 0.3 is 0 Å². The maximum Gasteiger partial charge on any atom is 0.0743 e. The monoisotopic (exact) mass is 341 g/mol. The summed E-state index contributed by atoms with van der Waals surface area (Å²) in [6, 6.07) is 16.3. The van der Waals surface area contributed by atoms with E-state index >= 15 is 0 Å². The van der Waals surface area contributed by atoms with Gasteiger partial charge in [-0.3, -0.25) is 4.98 Å². The summed E-state index contributed by atoms with van der Waals surface area (Å²) in [7, 11) is 0. The second-order valence-corrected chi connectivity index (χ2v) is 5.97. The fourth-order valence-corrected chi connectivity index (χ4v) is 2.80. The number of nitrogens with zero attached hydrogens (tertiary/aromatic N) is 1. The van der Waals surface area contributed by atoms with E-state index in [1.54, 1.807) is 6.20 Å². The summed E-state index contributed by atoms with van der Waals surface area (Å²) in [5, 5.41) is 4.62. The molecule has 0 saturated carbocycles. The smallest absolute Gasteiger partial charge is 0.0743 e. The van der Waals surface area contributed by atoms with Crippen LogP contribution in [0.25, 0.3) is 10.9 Å². The summed E-state index contributed by atoms with van der Waals surface area (Å²) in [6.07, 6.45) is 1.80. The topological polar surface area (TPSA) is 50.9 Å². The van der Waals surface area contributed by atoms with Gasteiger partial charge in [0.1, 0.15) is 0 Å². The second-order valence-electron chi connectivity index (χ2n) is 5.06. The zero-order valence-corrected chi connectivity index (χ0v) is 13.3. The lowest BCUT2D eigenvalue weighted by Gasteiger charge is -2.17. The molecule has 3 N–H and O–H groups in total. The summed E-state index contributed by atoms with van der Waals surface area (Å²) in [6.45, 7) is 2.14. The van der Waals surface area contributed by atoms with Gasteiger partial charge in [0.15, 0.2) is 0 Å². The predicted molar refractivity (Wildman–Crippen MR) is 92.3 cm³/mol. The number of anilines is 2. The number of nitrogen functional groups attached to an aromatic ring is 1. The molecule has 0 aliphatic carbocycles. The van der Waals surface area contributed by atoms with Crippen molar-refractivity contribution >= 4 is 38.2 Å². The minimum absolute atomic E-state index is 0.200. The Morgan fingerprint density at radius 3 is 2.81 bits per heavy atom. The van der Waals surface area contributed by atoms with Gasteiger partial charge in [-0.05, 0) is 48.9 Å². The number of hydrogen-bond donors (Lipinski definition) is 2. The zero-order chi connectivity index (χ0) is 14.8. The third kappa shape index (κ3) is 3.00. The van der Waals surface area contributed by atoms with Gasteiger partial charge < -0.3 is 11.1 Å². The van der Waals surface area contributed by atoms with Crippen molar-refractivity contribution in [3.8, 4) is 0 Å². The molecular weight excluding hydrogens is 326 g/mol. The van der Waals surface area contributed by atoms with Crippen LogP contribution >= 0.6 is 15.9 Å². The Morgan fingerprint density at radius 2 is 2.00 bits per heavy atom. The van der Waals surface area contributed by atoms with Crippen molar-refractivity contribution in [3.63, 3.8) is 0 Å². The Balaban J connectivity index is 1.94. The highest BCUT2D eigenvalue weighted by molar-refractivity contribution is 9.10. The van der Waals surface area contributed by atoms with E-state index in [0.29, 0.717) is 0 Å². The first-order valence-electron chi connectivity index (χ1n) is 6.80. The molecule has 3 rings (SSSR count). The van der Waals surface area contributed by atoms with Crippen molar-refractivity contribution < 1.29 is 0 Å². The van der Waals surface area contributed by atoms with Crippen molar-refractivity contribution in [2.24, 2.45) is 0 Å². The van der Waals surface area contributed by atoms with Crippen molar-refractivity contribution in [1.82, 2.24) is 4.98 Å². The SMILES string of the molecule is CC(Nc1ccnc2cc(N)ccc12)c1cccc(Br)c1. The molecule has 2 aromatic carbocycles. The lowest BCUT2D eigenvalue weighted by molar-refractivity contribution is 0.885. The molecule has 4 heteroatoms. The lowest BCUT2D eigenvalue weighted by Crippen LogP contribution is -2.07. The van der Waals surface area contributed by atoms with E-state index in [9.17, 15) is 0 Å². The molecule has 0 aliphatic heterocycles. The normalized spacial score (nSPS) is 12.3. The Morgan fingerprint density at radius 1 is 1.14 bits per heavy atom. The summed E-state index contributed by atoms with van der Waals surface area (Å²) < 4.78 is 1.08. The average Bonchev–Trinajstić information content (AvgIpc) is 2.47. The predicted octanol–water partition coefficient (Wildman–Crippen LogP) is 4.75. The zero-order valence-electron chi connectivity index (χ0n) is 11.7. The van der Waals surface area contributed by atoms with Gasteiger partial charge in [0.05, 0.1) is 5.52 Å². The Kier molecular flexibility index (Phi) is 3.80. The minimum atomic E-state index is 0.200. The molecule has 0 spiro atoms. The molecule has 1 aromatic heterocycles. The van der Waals surface area contributed by atoms with Gasteiger partial charge in [0.2, 0.25) is 0 Å². The molecule has 1 heterocycles. The molecule has 3 aromatic rings. The van der Waals surface area contributed by atoms with Gasteiger partial charge in [-0.2, -0.15) is 0 Å². The van der Waals surface area contributed by atoms with Crippen LogP contribution in [0.5, 0.6) is 0 Å². The number of hydrogen-bond acceptors (Lipinski definition) is 3. The highest BCUT2D eigenvalue weighted by Crippen LogP contribution is 2.27. The molecule has 0 aliphatic rings. The van der Waals surface area contributed by atoms with Gasteiger partial charge in [0.25, 0.3) is 0 Å². The number of fused-ring (bicyclic) bond motifs is 1. The minimum Gasteiger partial charge on any atom is -0.399 e. The average molecular weight is 342 g/mol. The Bertz CT molecular complexity index is 786. The van der Waals surface area contributed by atoms with Crippen molar-refractivity contribution in [3.05, 3.63) is 64.8 Å². The quantitative estimate of drug-likeness (QED) is 0.675. The van der Waals surface area contributed by atoms with Crippen LogP contribution in [0.15, 0.2) is 59.2 Å². The number of rotatable bonds is 3. The van der Waals surface area contributed by atoms with E-state index < -0.39 is 0 Å². The molecule has 1 unspecified atom stereocenters. The molecule has 0 radical (unpaired) electrons. The number of aromatic nitrogens is 1. The van der Waals surface area contributed by atoms with Crippen LogP contribution in [-0.2, 0) is 0 Å². The fraction of sp³-hybridized carbons (Fsp3) is 0.118. The van der Waals surface area contributed by atoms with E-state index in [1.165, 1.54) is 5.56 Å². The van der Waals surface area contributed by atoms with Gasteiger partial charge in [-0.1, -0.05) is 28.1 Å². The van der Waals surface area contributed by atoms with Gasteiger partial charge in [-0.25, -0.2) is 0 Å². The maximum absolute atomic E-state index is 5.82. The summed E-state index contributed by atoms with van der Waals surface area (Å²) in [5.41, 5.74) is 9.74. The van der Waals surface area contributed by atoms with E-state index in [2.05, 4.69) is 45.3 Å². The second kappa shape index (κ2) is 5.74. The van der Waals surface area contributed by atoms with Crippen LogP contribution < -0.4 is 11.1 Å². The standard InChI is InChI=1S/C17H16BrN3/c1-11(12-3-2-4-13(18)9-12)21-16-7-8-20-17-10-14(19)5-6-15(16)17/h2-11H,19H2,1H3,(H,20,21). The molecule has 1 atom stereocenters. The summed E-state index contributed by atoms with van der Waals surface area (Å²) in [5.74, 6) is 0. The van der Waals surface area contributed by atoms with Crippen LogP contribution in [-0.4, -0.2) is 4.98 Å². The third-order valence-corrected chi connectivity index (χ3v) is 3.98. The van der Waals surface area contributed by atoms with Crippen LogP contribution in [0.3, 0.4) is 0 Å². The molecule has 0 saturated heterocycles. The first-order valence-corrected chi connectivity index (χ1v) is 7.59. The Labute approximate surface area is 132 Å². The van der Waals surface area contributed by atoms with Crippen molar-refractivity contribution in [1.29, 1.82) is 0 Å². The van der Waals surface area contributed by atoms with Crippen LogP contribution in [0.4, 0.5) is 11.4 Å². The molecule has 0 fully saturated rings. The first kappa shape index (κ1) is 13.9.